The van der Waals surface area contributed by atoms with Gasteiger partial charge in [-0.05, 0) is 18.9 Å². The first-order valence-electron chi connectivity index (χ1n) is 5.36. The number of halogens is 2. The fourth-order valence-electron chi connectivity index (χ4n) is 2.00. The van der Waals surface area contributed by atoms with Crippen LogP contribution in [0.3, 0.4) is 0 Å². The predicted octanol–water partition coefficient (Wildman–Crippen LogP) is 1.99. The van der Waals surface area contributed by atoms with Crippen molar-refractivity contribution in [1.82, 2.24) is 9.88 Å². The highest BCUT2D eigenvalue weighted by molar-refractivity contribution is 6.41. The summed E-state index contributed by atoms with van der Waals surface area (Å²) in [6, 6.07) is 1.41. The maximum absolute atomic E-state index is 12.2. The fraction of sp³-hybridized carbons (Fsp3) is 0.455. The highest BCUT2D eigenvalue weighted by Gasteiger charge is 2.29. The summed E-state index contributed by atoms with van der Waals surface area (Å²) in [5.74, 6) is -0.160. The second-order valence-corrected chi connectivity index (χ2v) is 4.74. The van der Waals surface area contributed by atoms with Gasteiger partial charge in [-0.15, -0.1) is 0 Å². The van der Waals surface area contributed by atoms with E-state index in [2.05, 4.69) is 4.98 Å². The van der Waals surface area contributed by atoms with Gasteiger partial charge in [0.2, 0.25) is 0 Å². The van der Waals surface area contributed by atoms with Crippen molar-refractivity contribution in [2.75, 3.05) is 13.2 Å². The zero-order valence-corrected chi connectivity index (χ0v) is 10.6. The Morgan fingerprint density at radius 2 is 2.35 bits per heavy atom. The molecule has 0 spiro atoms. The van der Waals surface area contributed by atoms with E-state index in [0.29, 0.717) is 12.1 Å². The van der Waals surface area contributed by atoms with Gasteiger partial charge in [0, 0.05) is 12.7 Å². The minimum absolute atomic E-state index is 0.0134. The third-order valence-electron chi connectivity index (χ3n) is 2.89. The van der Waals surface area contributed by atoms with Crippen molar-refractivity contribution < 1.29 is 9.90 Å². The molecule has 0 saturated carbocycles. The van der Waals surface area contributed by atoms with Crippen molar-refractivity contribution in [3.05, 3.63) is 28.0 Å². The van der Waals surface area contributed by atoms with Crippen LogP contribution in [0.5, 0.6) is 0 Å². The molecule has 1 atom stereocenters. The van der Waals surface area contributed by atoms with Gasteiger partial charge in [-0.1, -0.05) is 23.2 Å². The second-order valence-electron chi connectivity index (χ2n) is 3.97. The van der Waals surface area contributed by atoms with Gasteiger partial charge in [0.25, 0.3) is 5.91 Å². The molecule has 1 aromatic heterocycles. The number of nitrogens with zero attached hydrogens (tertiary/aromatic N) is 2. The number of hydrogen-bond acceptors (Lipinski definition) is 3. The van der Waals surface area contributed by atoms with E-state index >= 15 is 0 Å². The van der Waals surface area contributed by atoms with Crippen LogP contribution in [0.15, 0.2) is 12.3 Å². The predicted molar refractivity (Wildman–Crippen MR) is 65.4 cm³/mol. The SMILES string of the molecule is O=C(c1cnc(Cl)c(Cl)c1)N1CCC[C@@H]1CO. The molecular formula is C11H12Cl2N2O2. The number of aromatic nitrogens is 1. The number of amides is 1. The highest BCUT2D eigenvalue weighted by Crippen LogP contribution is 2.23. The first-order chi connectivity index (χ1) is 8.13. The van der Waals surface area contributed by atoms with E-state index in [-0.39, 0.29) is 28.7 Å². The lowest BCUT2D eigenvalue weighted by Crippen LogP contribution is -2.37. The number of likely N-dealkylation sites (tertiary alicyclic amines) is 1. The fourth-order valence-corrected chi connectivity index (χ4v) is 2.27. The summed E-state index contributed by atoms with van der Waals surface area (Å²) < 4.78 is 0. The Bertz CT molecular complexity index is 439. The van der Waals surface area contributed by atoms with Crippen LogP contribution in [-0.2, 0) is 0 Å². The summed E-state index contributed by atoms with van der Waals surface area (Å²) in [6.45, 7) is 0.644. The quantitative estimate of drug-likeness (QED) is 0.840. The average Bonchev–Trinajstić information content (AvgIpc) is 2.80. The number of carbonyl (C=O) groups excluding carboxylic acids is 1. The number of aliphatic hydroxyl groups excluding tert-OH is 1. The highest BCUT2D eigenvalue weighted by atomic mass is 35.5. The zero-order chi connectivity index (χ0) is 12.4. The first kappa shape index (κ1) is 12.6. The number of rotatable bonds is 2. The summed E-state index contributed by atoms with van der Waals surface area (Å²) in [5, 5.41) is 9.62. The normalized spacial score (nSPS) is 19.7. The van der Waals surface area contributed by atoms with Crippen molar-refractivity contribution in [3.63, 3.8) is 0 Å². The smallest absolute Gasteiger partial charge is 0.255 e. The van der Waals surface area contributed by atoms with Crippen LogP contribution in [0.25, 0.3) is 0 Å². The minimum Gasteiger partial charge on any atom is -0.394 e. The summed E-state index contributed by atoms with van der Waals surface area (Å²) >= 11 is 11.5. The molecule has 0 radical (unpaired) electrons. The van der Waals surface area contributed by atoms with Gasteiger partial charge in [-0.25, -0.2) is 4.98 Å². The monoisotopic (exact) mass is 274 g/mol. The van der Waals surface area contributed by atoms with Gasteiger partial charge >= 0.3 is 0 Å². The minimum atomic E-state index is -0.160. The molecule has 1 N–H and O–H groups in total. The molecule has 0 bridgehead atoms. The van der Waals surface area contributed by atoms with Crippen molar-refractivity contribution in [1.29, 1.82) is 0 Å². The van der Waals surface area contributed by atoms with Crippen LogP contribution >= 0.6 is 23.2 Å². The molecule has 0 unspecified atom stereocenters. The molecule has 4 nitrogen and oxygen atoms in total. The van der Waals surface area contributed by atoms with Crippen LogP contribution in [0.2, 0.25) is 10.2 Å². The van der Waals surface area contributed by atoms with Crippen molar-refractivity contribution in [2.45, 2.75) is 18.9 Å². The van der Waals surface area contributed by atoms with E-state index in [1.54, 1.807) is 4.90 Å². The maximum atomic E-state index is 12.2. The van der Waals surface area contributed by atoms with E-state index in [9.17, 15) is 9.90 Å². The number of carbonyl (C=O) groups is 1. The van der Waals surface area contributed by atoms with Crippen molar-refractivity contribution in [3.8, 4) is 0 Å². The molecule has 2 heterocycles. The van der Waals surface area contributed by atoms with Gasteiger partial charge in [0.15, 0.2) is 0 Å². The lowest BCUT2D eigenvalue weighted by atomic mass is 10.2. The van der Waals surface area contributed by atoms with E-state index in [0.717, 1.165) is 12.8 Å². The van der Waals surface area contributed by atoms with Gasteiger partial charge < -0.3 is 10.0 Å². The molecule has 0 aromatic carbocycles. The Balaban J connectivity index is 2.21. The van der Waals surface area contributed by atoms with Crippen LogP contribution in [0, 0.1) is 0 Å². The molecule has 1 fully saturated rings. The molecule has 1 saturated heterocycles. The Morgan fingerprint density at radius 3 is 3.00 bits per heavy atom. The van der Waals surface area contributed by atoms with E-state index in [1.165, 1.54) is 12.3 Å². The standard InChI is InChI=1S/C11H12Cl2N2O2/c12-9-4-7(5-14-10(9)13)11(17)15-3-1-2-8(15)6-16/h4-5,8,16H,1-3,6H2/t8-/m1/s1. The Kier molecular flexibility index (Phi) is 3.86. The van der Waals surface area contributed by atoms with Gasteiger partial charge in [0.1, 0.15) is 5.15 Å². The molecular weight excluding hydrogens is 263 g/mol. The lowest BCUT2D eigenvalue weighted by molar-refractivity contribution is 0.0677. The van der Waals surface area contributed by atoms with E-state index < -0.39 is 0 Å². The van der Waals surface area contributed by atoms with Crippen LogP contribution in [0.4, 0.5) is 0 Å². The maximum Gasteiger partial charge on any atom is 0.255 e. The van der Waals surface area contributed by atoms with Gasteiger partial charge in [0.05, 0.1) is 23.2 Å². The zero-order valence-electron chi connectivity index (χ0n) is 9.07. The van der Waals surface area contributed by atoms with Crippen molar-refractivity contribution in [2.24, 2.45) is 0 Å². The Hall–Kier alpha value is -0.840. The van der Waals surface area contributed by atoms with E-state index in [1.807, 2.05) is 0 Å². The number of hydrogen-bond donors (Lipinski definition) is 1. The van der Waals surface area contributed by atoms with Crippen LogP contribution in [-0.4, -0.2) is 40.1 Å². The molecule has 0 aliphatic carbocycles. The number of aliphatic hydroxyl groups is 1. The second kappa shape index (κ2) is 5.21. The van der Waals surface area contributed by atoms with Crippen LogP contribution < -0.4 is 0 Å². The summed E-state index contributed by atoms with van der Waals surface area (Å²) in [5.41, 5.74) is 0.403. The molecule has 1 amide bonds. The van der Waals surface area contributed by atoms with Gasteiger partial charge in [-0.3, -0.25) is 4.79 Å². The molecule has 92 valence electrons. The van der Waals surface area contributed by atoms with Gasteiger partial charge in [-0.2, -0.15) is 0 Å². The molecule has 2 rings (SSSR count). The molecule has 6 heteroatoms. The molecule has 1 aromatic rings. The molecule has 1 aliphatic rings. The lowest BCUT2D eigenvalue weighted by Gasteiger charge is -2.22. The van der Waals surface area contributed by atoms with E-state index in [4.69, 9.17) is 23.2 Å². The van der Waals surface area contributed by atoms with Crippen LogP contribution in [0.1, 0.15) is 23.2 Å². The largest absolute Gasteiger partial charge is 0.394 e. The average molecular weight is 275 g/mol. The summed E-state index contributed by atoms with van der Waals surface area (Å²) in [4.78, 5) is 17.7. The molecule has 1 aliphatic heterocycles. The summed E-state index contributed by atoms with van der Waals surface area (Å²) in [6.07, 6.45) is 3.14. The third-order valence-corrected chi connectivity index (χ3v) is 3.58. The third kappa shape index (κ3) is 2.54. The summed E-state index contributed by atoms with van der Waals surface area (Å²) in [7, 11) is 0. The number of pyridine rings is 1. The Morgan fingerprint density at radius 1 is 1.59 bits per heavy atom. The van der Waals surface area contributed by atoms with Crippen molar-refractivity contribution >= 4 is 29.1 Å². The first-order valence-corrected chi connectivity index (χ1v) is 6.12. The topological polar surface area (TPSA) is 53.4 Å². The Labute approximate surface area is 109 Å². The molecule has 17 heavy (non-hydrogen) atoms.